The van der Waals surface area contributed by atoms with E-state index in [0.717, 1.165) is 0 Å². The predicted octanol–water partition coefficient (Wildman–Crippen LogP) is 2.29. The molecule has 0 aliphatic heterocycles. The van der Waals surface area contributed by atoms with Gasteiger partial charge in [0.25, 0.3) is 0 Å². The fraction of sp³-hybridized carbons (Fsp3) is 0.833. The number of carbonyl (C=O) groups is 1. The molecule has 2 nitrogen and oxygen atoms in total. The van der Waals surface area contributed by atoms with E-state index in [0.29, 0.717) is 13.0 Å². The Morgan fingerprint density at radius 1 is 1.70 bits per heavy atom. The third-order valence-corrected chi connectivity index (χ3v) is 2.32. The number of rotatable bonds is 3. The van der Waals surface area contributed by atoms with Crippen molar-refractivity contribution in [1.82, 2.24) is 0 Å². The highest BCUT2D eigenvalue weighted by Gasteiger charge is 2.32. The first-order chi connectivity index (χ1) is 4.54. The standard InChI is InChI=1S/C6H10BrClO2/c1-3-6(7,8)5(9)10-4-2/h3-4H2,1-2H3. The summed E-state index contributed by atoms with van der Waals surface area (Å²) in [6.45, 7) is 3.91. The molecular weight excluding hydrogens is 219 g/mol. The largest absolute Gasteiger partial charge is 0.464 e. The molecule has 0 amide bonds. The van der Waals surface area contributed by atoms with Crippen molar-refractivity contribution < 1.29 is 9.53 Å². The van der Waals surface area contributed by atoms with Crippen LogP contribution in [0.4, 0.5) is 0 Å². The fourth-order valence-corrected chi connectivity index (χ4v) is 0.550. The van der Waals surface area contributed by atoms with Gasteiger partial charge in [0.2, 0.25) is 0 Å². The molecule has 0 saturated carbocycles. The first-order valence-electron chi connectivity index (χ1n) is 3.09. The Kier molecular flexibility index (Phi) is 4.29. The van der Waals surface area contributed by atoms with Gasteiger partial charge >= 0.3 is 5.97 Å². The van der Waals surface area contributed by atoms with E-state index in [2.05, 4.69) is 20.7 Å². The summed E-state index contributed by atoms with van der Waals surface area (Å²) in [5, 5.41) is 0. The Bertz CT molecular complexity index is 125. The van der Waals surface area contributed by atoms with Crippen LogP contribution in [0.15, 0.2) is 0 Å². The van der Waals surface area contributed by atoms with Crippen LogP contribution in [-0.4, -0.2) is 16.4 Å². The quantitative estimate of drug-likeness (QED) is 0.548. The maximum absolute atomic E-state index is 10.9. The van der Waals surface area contributed by atoms with Gasteiger partial charge in [0, 0.05) is 0 Å². The fourth-order valence-electron chi connectivity index (χ4n) is 0.381. The van der Waals surface area contributed by atoms with Crippen molar-refractivity contribution in [3.8, 4) is 0 Å². The summed E-state index contributed by atoms with van der Waals surface area (Å²) in [7, 11) is 0. The lowest BCUT2D eigenvalue weighted by Gasteiger charge is -2.14. The van der Waals surface area contributed by atoms with Gasteiger partial charge in [0.15, 0.2) is 3.78 Å². The van der Waals surface area contributed by atoms with Crippen LogP contribution in [0, 0.1) is 0 Å². The Labute approximate surface area is 74.0 Å². The maximum atomic E-state index is 10.9. The summed E-state index contributed by atoms with van der Waals surface area (Å²) in [6, 6.07) is 0. The molecule has 0 heterocycles. The van der Waals surface area contributed by atoms with Gasteiger partial charge < -0.3 is 4.74 Å². The van der Waals surface area contributed by atoms with Crippen LogP contribution in [-0.2, 0) is 9.53 Å². The van der Waals surface area contributed by atoms with Crippen molar-refractivity contribution in [2.45, 2.75) is 24.1 Å². The van der Waals surface area contributed by atoms with Crippen molar-refractivity contribution >= 4 is 33.5 Å². The third kappa shape index (κ3) is 2.88. The normalized spacial score (nSPS) is 16.0. The number of hydrogen-bond acceptors (Lipinski definition) is 2. The molecule has 0 aromatic rings. The van der Waals surface area contributed by atoms with Crippen LogP contribution in [0.5, 0.6) is 0 Å². The van der Waals surface area contributed by atoms with Gasteiger partial charge in [-0.2, -0.15) is 0 Å². The highest BCUT2D eigenvalue weighted by molar-refractivity contribution is 9.10. The monoisotopic (exact) mass is 228 g/mol. The molecule has 0 aliphatic carbocycles. The maximum Gasteiger partial charge on any atom is 0.338 e. The van der Waals surface area contributed by atoms with Crippen molar-refractivity contribution in [2.75, 3.05) is 6.61 Å². The number of esters is 1. The molecule has 0 aromatic heterocycles. The zero-order valence-corrected chi connectivity index (χ0v) is 8.33. The van der Waals surface area contributed by atoms with E-state index < -0.39 is 9.75 Å². The van der Waals surface area contributed by atoms with Gasteiger partial charge in [-0.1, -0.05) is 34.5 Å². The van der Waals surface area contributed by atoms with Gasteiger partial charge in [-0.05, 0) is 13.3 Å². The topological polar surface area (TPSA) is 26.3 Å². The highest BCUT2D eigenvalue weighted by Crippen LogP contribution is 2.28. The first kappa shape index (κ1) is 10.2. The van der Waals surface area contributed by atoms with Crippen LogP contribution in [0.3, 0.4) is 0 Å². The average molecular weight is 230 g/mol. The minimum absolute atomic E-state index is 0.360. The summed E-state index contributed by atoms with van der Waals surface area (Å²) in [5.41, 5.74) is 0. The van der Waals surface area contributed by atoms with Crippen LogP contribution in [0.2, 0.25) is 0 Å². The summed E-state index contributed by atoms with van der Waals surface area (Å²) in [5.74, 6) is -0.417. The lowest BCUT2D eigenvalue weighted by Crippen LogP contribution is -2.26. The molecule has 0 aliphatic rings. The molecule has 0 rings (SSSR count). The second-order valence-corrected chi connectivity index (χ2v) is 4.23. The summed E-state index contributed by atoms with van der Waals surface area (Å²) in [6.07, 6.45) is 0.507. The Morgan fingerprint density at radius 3 is 2.50 bits per heavy atom. The molecule has 4 heteroatoms. The minimum atomic E-state index is -1.02. The SMILES string of the molecule is CCOC(=O)C(Cl)(Br)CC. The smallest absolute Gasteiger partial charge is 0.338 e. The van der Waals surface area contributed by atoms with Crippen LogP contribution in [0.25, 0.3) is 0 Å². The molecule has 10 heavy (non-hydrogen) atoms. The lowest BCUT2D eigenvalue weighted by atomic mass is 10.3. The van der Waals surface area contributed by atoms with E-state index in [1.807, 2.05) is 0 Å². The number of ether oxygens (including phenoxy) is 1. The highest BCUT2D eigenvalue weighted by atomic mass is 79.9. The van der Waals surface area contributed by atoms with Crippen LogP contribution >= 0.6 is 27.5 Å². The van der Waals surface area contributed by atoms with Crippen molar-refractivity contribution in [2.24, 2.45) is 0 Å². The lowest BCUT2D eigenvalue weighted by molar-refractivity contribution is -0.143. The molecule has 0 radical (unpaired) electrons. The van der Waals surface area contributed by atoms with Gasteiger partial charge in [-0.3, -0.25) is 0 Å². The first-order valence-corrected chi connectivity index (χ1v) is 4.26. The van der Waals surface area contributed by atoms with E-state index in [9.17, 15) is 4.79 Å². The second-order valence-electron chi connectivity index (χ2n) is 1.78. The zero-order valence-electron chi connectivity index (χ0n) is 5.99. The van der Waals surface area contributed by atoms with Gasteiger partial charge in [-0.25, -0.2) is 4.79 Å². The summed E-state index contributed by atoms with van der Waals surface area (Å²) in [4.78, 5) is 10.9. The molecule has 1 unspecified atom stereocenters. The Morgan fingerprint density at radius 2 is 2.20 bits per heavy atom. The number of carbonyl (C=O) groups excluding carboxylic acids is 1. The minimum Gasteiger partial charge on any atom is -0.464 e. The number of halogens is 2. The number of alkyl halides is 2. The molecule has 0 bridgehead atoms. The zero-order chi connectivity index (χ0) is 8.20. The van der Waals surface area contributed by atoms with E-state index >= 15 is 0 Å². The van der Waals surface area contributed by atoms with E-state index in [1.54, 1.807) is 13.8 Å². The number of hydrogen-bond donors (Lipinski definition) is 0. The van der Waals surface area contributed by atoms with Crippen LogP contribution in [0.1, 0.15) is 20.3 Å². The summed E-state index contributed by atoms with van der Waals surface area (Å²) < 4.78 is 3.66. The molecule has 0 fully saturated rings. The molecule has 0 aromatic carbocycles. The van der Waals surface area contributed by atoms with Crippen molar-refractivity contribution in [1.29, 1.82) is 0 Å². The Balaban J connectivity index is 3.91. The van der Waals surface area contributed by atoms with Crippen molar-refractivity contribution in [3.63, 3.8) is 0 Å². The van der Waals surface area contributed by atoms with Crippen LogP contribution < -0.4 is 0 Å². The Hall–Kier alpha value is 0.240. The van der Waals surface area contributed by atoms with Gasteiger partial charge in [-0.15, -0.1) is 0 Å². The van der Waals surface area contributed by atoms with Gasteiger partial charge in [0.05, 0.1) is 6.61 Å². The third-order valence-electron chi connectivity index (χ3n) is 1.02. The van der Waals surface area contributed by atoms with Gasteiger partial charge in [0.1, 0.15) is 0 Å². The van der Waals surface area contributed by atoms with E-state index in [-0.39, 0.29) is 0 Å². The van der Waals surface area contributed by atoms with E-state index in [1.165, 1.54) is 0 Å². The average Bonchev–Trinajstić information content (AvgIpc) is 1.89. The predicted molar refractivity (Wildman–Crippen MR) is 44.4 cm³/mol. The molecule has 1 atom stereocenters. The molecule has 0 spiro atoms. The van der Waals surface area contributed by atoms with E-state index in [4.69, 9.17) is 11.6 Å². The molecule has 60 valence electrons. The second kappa shape index (κ2) is 4.19. The summed E-state index contributed by atoms with van der Waals surface area (Å²) >= 11 is 8.73. The molecular formula is C6H10BrClO2. The van der Waals surface area contributed by atoms with Crippen molar-refractivity contribution in [3.05, 3.63) is 0 Å². The molecule has 0 N–H and O–H groups in total. The molecule has 0 saturated heterocycles.